The fourth-order valence-electron chi connectivity index (χ4n) is 2.69. The summed E-state index contributed by atoms with van der Waals surface area (Å²) in [5, 5.41) is 4.26. The predicted molar refractivity (Wildman–Crippen MR) is 89.4 cm³/mol. The van der Waals surface area contributed by atoms with Gasteiger partial charge in [0.25, 0.3) is 0 Å². The Morgan fingerprint density at radius 3 is 2.95 bits per heavy atom. The molecule has 1 aliphatic rings. The minimum absolute atomic E-state index is 0.674. The van der Waals surface area contributed by atoms with Gasteiger partial charge in [-0.2, -0.15) is 0 Å². The molecule has 1 N–H and O–H groups in total. The highest BCUT2D eigenvalue weighted by molar-refractivity contribution is 8.00. The summed E-state index contributed by atoms with van der Waals surface area (Å²) in [7, 11) is 1.71. The summed E-state index contributed by atoms with van der Waals surface area (Å²) in [6.07, 6.45) is 2.23. The molecular weight excluding hydrogens is 278 g/mol. The lowest BCUT2D eigenvalue weighted by atomic mass is 10.1. The molecule has 0 bridgehead atoms. The minimum Gasteiger partial charge on any atom is -0.497 e. The summed E-state index contributed by atoms with van der Waals surface area (Å²) in [6.45, 7) is 2.09. The number of thioether (sulfide) groups is 1. The van der Waals surface area contributed by atoms with Crippen LogP contribution in [0.15, 0.2) is 53.4 Å². The van der Waals surface area contributed by atoms with Gasteiger partial charge in [-0.1, -0.05) is 30.3 Å². The standard InChI is InChI=1S/C18H21NOS/c1-20-16-7-4-5-14(11-16)9-10-19-13-17-12-15-6-2-3-8-18(15)21-17/h2-8,11,17,19H,9-10,12-13H2,1H3. The topological polar surface area (TPSA) is 21.3 Å². The first kappa shape index (κ1) is 14.5. The van der Waals surface area contributed by atoms with Crippen molar-refractivity contribution in [1.82, 2.24) is 5.32 Å². The van der Waals surface area contributed by atoms with Crippen LogP contribution in [-0.4, -0.2) is 25.4 Å². The van der Waals surface area contributed by atoms with Gasteiger partial charge in [-0.15, -0.1) is 11.8 Å². The quantitative estimate of drug-likeness (QED) is 0.824. The third kappa shape index (κ3) is 3.80. The van der Waals surface area contributed by atoms with Crippen molar-refractivity contribution in [2.75, 3.05) is 20.2 Å². The summed E-state index contributed by atoms with van der Waals surface area (Å²) < 4.78 is 5.25. The molecule has 0 amide bonds. The normalized spacial score (nSPS) is 16.7. The van der Waals surface area contributed by atoms with E-state index in [-0.39, 0.29) is 0 Å². The Bertz CT molecular complexity index is 574. The van der Waals surface area contributed by atoms with Crippen LogP contribution >= 0.6 is 11.8 Å². The van der Waals surface area contributed by atoms with Crippen LogP contribution in [0.3, 0.4) is 0 Å². The van der Waals surface area contributed by atoms with Crippen LogP contribution in [0.25, 0.3) is 0 Å². The van der Waals surface area contributed by atoms with E-state index in [0.29, 0.717) is 5.25 Å². The molecule has 0 saturated carbocycles. The Labute approximate surface area is 130 Å². The average molecular weight is 299 g/mol. The molecule has 0 radical (unpaired) electrons. The van der Waals surface area contributed by atoms with Crippen molar-refractivity contribution < 1.29 is 4.74 Å². The van der Waals surface area contributed by atoms with Crippen LogP contribution in [0.2, 0.25) is 0 Å². The zero-order chi connectivity index (χ0) is 14.5. The average Bonchev–Trinajstić information content (AvgIpc) is 2.94. The number of hydrogen-bond donors (Lipinski definition) is 1. The van der Waals surface area contributed by atoms with Gasteiger partial charge in [0.1, 0.15) is 5.75 Å². The molecule has 1 unspecified atom stereocenters. The lowest BCUT2D eigenvalue weighted by Gasteiger charge is -2.10. The van der Waals surface area contributed by atoms with E-state index in [9.17, 15) is 0 Å². The van der Waals surface area contributed by atoms with Crippen molar-refractivity contribution in [3.05, 3.63) is 59.7 Å². The molecule has 3 rings (SSSR count). The Morgan fingerprint density at radius 2 is 2.10 bits per heavy atom. The highest BCUT2D eigenvalue weighted by Crippen LogP contribution is 2.36. The van der Waals surface area contributed by atoms with E-state index in [1.165, 1.54) is 22.4 Å². The van der Waals surface area contributed by atoms with Crippen LogP contribution in [-0.2, 0) is 12.8 Å². The summed E-state index contributed by atoms with van der Waals surface area (Å²) in [5.41, 5.74) is 2.83. The van der Waals surface area contributed by atoms with Crippen molar-refractivity contribution >= 4 is 11.8 Å². The fourth-order valence-corrected chi connectivity index (χ4v) is 3.97. The zero-order valence-electron chi connectivity index (χ0n) is 12.3. The Hall–Kier alpha value is -1.45. The molecule has 0 saturated heterocycles. The van der Waals surface area contributed by atoms with Crippen molar-refractivity contribution in [2.24, 2.45) is 0 Å². The summed E-state index contributed by atoms with van der Waals surface area (Å²) in [4.78, 5) is 1.46. The lowest BCUT2D eigenvalue weighted by Crippen LogP contribution is -2.26. The van der Waals surface area contributed by atoms with E-state index < -0.39 is 0 Å². The summed E-state index contributed by atoms with van der Waals surface area (Å²) in [5.74, 6) is 0.939. The summed E-state index contributed by atoms with van der Waals surface area (Å²) in [6, 6.07) is 17.1. The third-order valence-electron chi connectivity index (χ3n) is 3.81. The highest BCUT2D eigenvalue weighted by Gasteiger charge is 2.20. The zero-order valence-corrected chi connectivity index (χ0v) is 13.2. The molecule has 1 heterocycles. The van der Waals surface area contributed by atoms with E-state index in [1.54, 1.807) is 7.11 Å². The van der Waals surface area contributed by atoms with Gasteiger partial charge in [-0.25, -0.2) is 0 Å². The van der Waals surface area contributed by atoms with Crippen molar-refractivity contribution in [2.45, 2.75) is 23.0 Å². The molecule has 3 heteroatoms. The number of ether oxygens (including phenoxy) is 1. The predicted octanol–water partition coefficient (Wildman–Crippen LogP) is 3.54. The second-order valence-electron chi connectivity index (χ2n) is 5.36. The molecule has 2 aromatic carbocycles. The van der Waals surface area contributed by atoms with Gasteiger partial charge in [0.15, 0.2) is 0 Å². The molecule has 21 heavy (non-hydrogen) atoms. The molecular formula is C18H21NOS. The van der Waals surface area contributed by atoms with E-state index in [4.69, 9.17) is 4.74 Å². The van der Waals surface area contributed by atoms with Crippen molar-refractivity contribution in [3.63, 3.8) is 0 Å². The van der Waals surface area contributed by atoms with Gasteiger partial charge in [-0.05, 0) is 48.7 Å². The molecule has 2 aromatic rings. The Balaban J connectivity index is 1.41. The van der Waals surface area contributed by atoms with E-state index >= 15 is 0 Å². The van der Waals surface area contributed by atoms with Crippen LogP contribution in [0.5, 0.6) is 5.75 Å². The Kier molecular flexibility index (Phi) is 4.84. The van der Waals surface area contributed by atoms with Gasteiger partial charge in [0.2, 0.25) is 0 Å². The van der Waals surface area contributed by atoms with Crippen LogP contribution in [0.4, 0.5) is 0 Å². The first-order chi connectivity index (χ1) is 10.3. The molecule has 110 valence electrons. The van der Waals surface area contributed by atoms with Crippen LogP contribution in [0.1, 0.15) is 11.1 Å². The monoisotopic (exact) mass is 299 g/mol. The van der Waals surface area contributed by atoms with Crippen LogP contribution < -0.4 is 10.1 Å². The van der Waals surface area contributed by atoms with Gasteiger partial charge in [-0.3, -0.25) is 0 Å². The minimum atomic E-state index is 0.674. The van der Waals surface area contributed by atoms with E-state index in [0.717, 1.165) is 25.3 Å². The number of nitrogens with one attached hydrogen (secondary N) is 1. The molecule has 2 nitrogen and oxygen atoms in total. The number of rotatable bonds is 6. The fraction of sp³-hybridized carbons (Fsp3) is 0.333. The van der Waals surface area contributed by atoms with Gasteiger partial charge in [0, 0.05) is 16.7 Å². The second-order valence-corrected chi connectivity index (χ2v) is 6.70. The molecule has 0 spiro atoms. The maximum atomic E-state index is 5.25. The molecule has 0 aromatic heterocycles. The molecule has 1 atom stereocenters. The lowest BCUT2D eigenvalue weighted by molar-refractivity contribution is 0.414. The van der Waals surface area contributed by atoms with Crippen molar-refractivity contribution in [3.8, 4) is 5.75 Å². The van der Waals surface area contributed by atoms with E-state index in [2.05, 4.69) is 47.8 Å². The Morgan fingerprint density at radius 1 is 1.19 bits per heavy atom. The maximum absolute atomic E-state index is 5.25. The number of fused-ring (bicyclic) bond motifs is 1. The SMILES string of the molecule is COc1cccc(CCNCC2Cc3ccccc3S2)c1. The second kappa shape index (κ2) is 7.01. The maximum Gasteiger partial charge on any atom is 0.119 e. The molecule has 1 aliphatic heterocycles. The number of benzene rings is 2. The van der Waals surface area contributed by atoms with E-state index in [1.807, 2.05) is 17.8 Å². The molecule has 0 aliphatic carbocycles. The summed E-state index contributed by atoms with van der Waals surface area (Å²) >= 11 is 2.01. The third-order valence-corrected chi connectivity index (χ3v) is 5.13. The largest absolute Gasteiger partial charge is 0.497 e. The van der Waals surface area contributed by atoms with Crippen LogP contribution in [0, 0.1) is 0 Å². The highest BCUT2D eigenvalue weighted by atomic mass is 32.2. The van der Waals surface area contributed by atoms with Gasteiger partial charge >= 0.3 is 0 Å². The van der Waals surface area contributed by atoms with Gasteiger partial charge in [0.05, 0.1) is 7.11 Å². The first-order valence-corrected chi connectivity index (χ1v) is 8.31. The first-order valence-electron chi connectivity index (χ1n) is 7.43. The van der Waals surface area contributed by atoms with Gasteiger partial charge < -0.3 is 10.1 Å². The number of methoxy groups -OCH3 is 1. The van der Waals surface area contributed by atoms with Crippen molar-refractivity contribution in [1.29, 1.82) is 0 Å². The molecule has 0 fully saturated rings. The number of hydrogen-bond acceptors (Lipinski definition) is 3. The smallest absolute Gasteiger partial charge is 0.119 e.